The van der Waals surface area contributed by atoms with Gasteiger partial charge >= 0.3 is 0 Å². The monoisotopic (exact) mass is 179 g/mol. The van der Waals surface area contributed by atoms with Crippen LogP contribution in [0.25, 0.3) is 0 Å². The van der Waals surface area contributed by atoms with Crippen LogP contribution < -0.4 is 0 Å². The molecule has 0 aliphatic rings. The molecule has 0 fully saturated rings. The standard InChI is InChI=1S/C9H6ClNO/c10-9-2-1-7(3-4-12)5-8(9)6-11/h1-2,4-5H,3H2. The Kier molecular flexibility index (Phi) is 2.84. The van der Waals surface area contributed by atoms with Gasteiger partial charge in [0.1, 0.15) is 12.4 Å². The second-order valence-corrected chi connectivity index (χ2v) is 2.70. The minimum Gasteiger partial charge on any atom is -0.303 e. The van der Waals surface area contributed by atoms with Crippen molar-refractivity contribution in [1.82, 2.24) is 0 Å². The van der Waals surface area contributed by atoms with Gasteiger partial charge in [-0.05, 0) is 17.7 Å². The van der Waals surface area contributed by atoms with Crippen LogP contribution in [-0.4, -0.2) is 6.29 Å². The number of aldehydes is 1. The van der Waals surface area contributed by atoms with E-state index in [-0.39, 0.29) is 0 Å². The van der Waals surface area contributed by atoms with Crippen molar-refractivity contribution in [1.29, 1.82) is 5.26 Å². The fourth-order valence-corrected chi connectivity index (χ4v) is 1.04. The third kappa shape index (κ3) is 1.84. The van der Waals surface area contributed by atoms with E-state index in [2.05, 4.69) is 0 Å². The molecule has 3 heteroatoms. The van der Waals surface area contributed by atoms with Gasteiger partial charge in [-0.25, -0.2) is 0 Å². The summed E-state index contributed by atoms with van der Waals surface area (Å²) in [5.41, 5.74) is 1.22. The maximum Gasteiger partial charge on any atom is 0.124 e. The van der Waals surface area contributed by atoms with Gasteiger partial charge in [0.15, 0.2) is 0 Å². The number of halogens is 1. The molecule has 1 rings (SSSR count). The third-order valence-corrected chi connectivity index (χ3v) is 1.80. The highest BCUT2D eigenvalue weighted by Crippen LogP contribution is 2.16. The molecular weight excluding hydrogens is 174 g/mol. The van der Waals surface area contributed by atoms with Crippen molar-refractivity contribution in [3.63, 3.8) is 0 Å². The lowest BCUT2D eigenvalue weighted by Crippen LogP contribution is -1.87. The zero-order valence-electron chi connectivity index (χ0n) is 6.25. The summed E-state index contributed by atoms with van der Waals surface area (Å²) in [6, 6.07) is 6.93. The molecule has 60 valence electrons. The van der Waals surface area contributed by atoms with E-state index >= 15 is 0 Å². The van der Waals surface area contributed by atoms with E-state index in [0.29, 0.717) is 17.0 Å². The van der Waals surface area contributed by atoms with Crippen molar-refractivity contribution in [2.75, 3.05) is 0 Å². The molecular formula is C9H6ClNO. The second kappa shape index (κ2) is 3.89. The molecule has 0 amide bonds. The van der Waals surface area contributed by atoms with E-state index in [1.165, 1.54) is 0 Å². The fraction of sp³-hybridized carbons (Fsp3) is 0.111. The zero-order valence-corrected chi connectivity index (χ0v) is 7.01. The predicted octanol–water partition coefficient (Wildman–Crippen LogP) is 1.95. The number of carbonyl (C=O) groups excluding carboxylic acids is 1. The molecule has 0 atom stereocenters. The summed E-state index contributed by atoms with van der Waals surface area (Å²) in [7, 11) is 0. The van der Waals surface area contributed by atoms with E-state index < -0.39 is 0 Å². The first-order valence-corrected chi connectivity index (χ1v) is 3.78. The van der Waals surface area contributed by atoms with Crippen LogP contribution in [-0.2, 0) is 11.2 Å². The molecule has 2 nitrogen and oxygen atoms in total. The largest absolute Gasteiger partial charge is 0.303 e. The maximum absolute atomic E-state index is 10.1. The summed E-state index contributed by atoms with van der Waals surface area (Å²) in [5, 5.41) is 9.01. The van der Waals surface area contributed by atoms with E-state index in [9.17, 15) is 4.79 Å². The molecule has 0 N–H and O–H groups in total. The maximum atomic E-state index is 10.1. The van der Waals surface area contributed by atoms with Gasteiger partial charge in [-0.1, -0.05) is 17.7 Å². The van der Waals surface area contributed by atoms with Crippen LogP contribution in [0, 0.1) is 11.3 Å². The number of nitrogens with zero attached hydrogens (tertiary/aromatic N) is 1. The van der Waals surface area contributed by atoms with Crippen molar-refractivity contribution in [2.45, 2.75) is 6.42 Å². The number of rotatable bonds is 2. The van der Waals surface area contributed by atoms with E-state index in [1.807, 2.05) is 6.07 Å². The highest BCUT2D eigenvalue weighted by atomic mass is 35.5. The molecule has 0 heterocycles. The molecule has 1 aromatic rings. The van der Waals surface area contributed by atoms with Gasteiger partial charge in [0, 0.05) is 6.42 Å². The van der Waals surface area contributed by atoms with Crippen molar-refractivity contribution >= 4 is 17.9 Å². The third-order valence-electron chi connectivity index (χ3n) is 1.47. The van der Waals surface area contributed by atoms with Crippen molar-refractivity contribution in [3.8, 4) is 6.07 Å². The van der Waals surface area contributed by atoms with Crippen molar-refractivity contribution in [2.24, 2.45) is 0 Å². The highest BCUT2D eigenvalue weighted by molar-refractivity contribution is 6.31. The Hall–Kier alpha value is -1.33. The Morgan fingerprint density at radius 2 is 2.33 bits per heavy atom. The van der Waals surface area contributed by atoms with Crippen LogP contribution in [0.15, 0.2) is 18.2 Å². The average Bonchev–Trinajstić information content (AvgIpc) is 2.09. The van der Waals surface area contributed by atoms with Crippen molar-refractivity contribution in [3.05, 3.63) is 34.3 Å². The minimum atomic E-state index is 0.325. The molecule has 0 saturated carbocycles. The van der Waals surface area contributed by atoms with Gasteiger partial charge < -0.3 is 4.79 Å². The lowest BCUT2D eigenvalue weighted by molar-refractivity contribution is -0.107. The van der Waals surface area contributed by atoms with Gasteiger partial charge in [-0.2, -0.15) is 5.26 Å². The number of benzene rings is 1. The molecule has 0 unspecified atom stereocenters. The van der Waals surface area contributed by atoms with Gasteiger partial charge in [0.05, 0.1) is 10.6 Å². The molecule has 0 aliphatic carbocycles. The number of hydrogen-bond acceptors (Lipinski definition) is 2. The minimum absolute atomic E-state index is 0.325. The molecule has 0 aliphatic heterocycles. The molecule has 0 saturated heterocycles. The summed E-state index contributed by atoms with van der Waals surface area (Å²) >= 11 is 5.69. The van der Waals surface area contributed by atoms with Crippen LogP contribution in [0.2, 0.25) is 5.02 Å². The Morgan fingerprint density at radius 3 is 2.92 bits per heavy atom. The number of hydrogen-bond donors (Lipinski definition) is 0. The molecule has 0 bridgehead atoms. The number of nitriles is 1. The smallest absolute Gasteiger partial charge is 0.124 e. The zero-order chi connectivity index (χ0) is 8.97. The summed E-state index contributed by atoms with van der Waals surface area (Å²) < 4.78 is 0. The Labute approximate surface area is 75.4 Å². The van der Waals surface area contributed by atoms with E-state index in [1.54, 1.807) is 18.2 Å². The SMILES string of the molecule is N#Cc1cc(CC=O)ccc1Cl. The lowest BCUT2D eigenvalue weighted by atomic mass is 10.1. The molecule has 1 aromatic carbocycles. The van der Waals surface area contributed by atoms with Crippen LogP contribution in [0.1, 0.15) is 11.1 Å². The first-order valence-electron chi connectivity index (χ1n) is 3.40. The van der Waals surface area contributed by atoms with Gasteiger partial charge in [-0.15, -0.1) is 0 Å². The highest BCUT2D eigenvalue weighted by Gasteiger charge is 1.99. The first-order chi connectivity index (χ1) is 5.77. The molecule has 0 aromatic heterocycles. The first kappa shape index (κ1) is 8.76. The van der Waals surface area contributed by atoms with Crippen molar-refractivity contribution < 1.29 is 4.79 Å². The fourth-order valence-electron chi connectivity index (χ4n) is 0.881. The molecule has 0 radical (unpaired) electrons. The van der Waals surface area contributed by atoms with Crippen LogP contribution in [0.3, 0.4) is 0 Å². The normalized spacial score (nSPS) is 9.00. The van der Waals surface area contributed by atoms with E-state index in [0.717, 1.165) is 11.8 Å². The molecule has 12 heavy (non-hydrogen) atoms. The Morgan fingerprint density at radius 1 is 1.58 bits per heavy atom. The number of carbonyl (C=O) groups is 1. The Balaban J connectivity index is 3.07. The van der Waals surface area contributed by atoms with Gasteiger partial charge in [0.25, 0.3) is 0 Å². The summed E-state index contributed by atoms with van der Waals surface area (Å²) in [6.07, 6.45) is 1.12. The summed E-state index contributed by atoms with van der Waals surface area (Å²) in [6.45, 7) is 0. The van der Waals surface area contributed by atoms with E-state index in [4.69, 9.17) is 16.9 Å². The van der Waals surface area contributed by atoms with Gasteiger partial charge in [0.2, 0.25) is 0 Å². The predicted molar refractivity (Wildman–Crippen MR) is 45.9 cm³/mol. The summed E-state index contributed by atoms with van der Waals surface area (Å²) in [4.78, 5) is 10.1. The van der Waals surface area contributed by atoms with Crippen LogP contribution in [0.5, 0.6) is 0 Å². The lowest BCUT2D eigenvalue weighted by Gasteiger charge is -1.97. The van der Waals surface area contributed by atoms with Crippen LogP contribution in [0.4, 0.5) is 0 Å². The Bertz CT molecular complexity index is 341. The summed E-state index contributed by atoms with van der Waals surface area (Å²) in [5.74, 6) is 0. The van der Waals surface area contributed by atoms with Gasteiger partial charge in [-0.3, -0.25) is 0 Å². The topological polar surface area (TPSA) is 40.9 Å². The molecule has 0 spiro atoms. The average molecular weight is 180 g/mol. The quantitative estimate of drug-likeness (QED) is 0.652. The second-order valence-electron chi connectivity index (χ2n) is 2.30. The van der Waals surface area contributed by atoms with Crippen LogP contribution >= 0.6 is 11.6 Å².